The topological polar surface area (TPSA) is 93.2 Å². The Morgan fingerprint density at radius 2 is 2.07 bits per heavy atom. The van der Waals surface area contributed by atoms with E-state index in [4.69, 9.17) is 25.8 Å². The van der Waals surface area contributed by atoms with E-state index in [1.807, 2.05) is 30.5 Å². The van der Waals surface area contributed by atoms with Crippen LogP contribution >= 0.6 is 11.6 Å². The highest BCUT2D eigenvalue weighted by molar-refractivity contribution is 6.32. The average molecular weight is 616 g/mol. The zero-order valence-electron chi connectivity index (χ0n) is 25.2. The van der Waals surface area contributed by atoms with Gasteiger partial charge in [-0.3, -0.25) is 9.88 Å². The number of ether oxygens (including phenoxy) is 3. The van der Waals surface area contributed by atoms with Gasteiger partial charge in [-0.1, -0.05) is 31.5 Å². The summed E-state index contributed by atoms with van der Waals surface area (Å²) in [5, 5.41) is 14.6. The lowest BCUT2D eigenvalue weighted by atomic mass is 9.58. The fraction of sp³-hybridized carbons (Fsp3) is 0.486. The number of nitrogens with zero attached hydrogens (tertiary/aromatic N) is 2. The third kappa shape index (κ3) is 4.13. The Hall–Kier alpha value is -3.49. The van der Waals surface area contributed by atoms with Crippen molar-refractivity contribution >= 4 is 23.3 Å². The number of pyridine rings is 1. The Morgan fingerprint density at radius 3 is 2.91 bits per heavy atom. The van der Waals surface area contributed by atoms with Crippen molar-refractivity contribution < 1.29 is 24.1 Å². The predicted octanol–water partition coefficient (Wildman–Crippen LogP) is 6.85. The quantitative estimate of drug-likeness (QED) is 0.311. The van der Waals surface area contributed by atoms with Crippen molar-refractivity contribution in [2.45, 2.75) is 81.8 Å². The van der Waals surface area contributed by atoms with Gasteiger partial charge >= 0.3 is 5.97 Å². The van der Waals surface area contributed by atoms with Crippen molar-refractivity contribution in [2.75, 3.05) is 25.3 Å². The Labute approximate surface area is 262 Å². The number of hydrogen-bond donors (Lipinski definition) is 2. The van der Waals surface area contributed by atoms with Gasteiger partial charge in [0.05, 0.1) is 12.1 Å². The summed E-state index contributed by atoms with van der Waals surface area (Å²) in [6, 6.07) is 12.1. The largest absolute Gasteiger partial charge is 0.493 e. The highest BCUT2D eigenvalue weighted by atomic mass is 35.5. The molecule has 8 nitrogen and oxygen atoms in total. The van der Waals surface area contributed by atoms with Gasteiger partial charge in [0, 0.05) is 53.1 Å². The minimum absolute atomic E-state index is 0.125. The molecule has 1 spiro atoms. The van der Waals surface area contributed by atoms with Crippen molar-refractivity contribution in [3.8, 4) is 17.2 Å². The van der Waals surface area contributed by atoms with Gasteiger partial charge in [-0.2, -0.15) is 0 Å². The van der Waals surface area contributed by atoms with Crippen molar-refractivity contribution in [1.82, 2.24) is 9.88 Å². The van der Waals surface area contributed by atoms with Gasteiger partial charge < -0.3 is 24.6 Å². The number of nitrogens with one attached hydrogen (secondary N) is 1. The summed E-state index contributed by atoms with van der Waals surface area (Å²) in [7, 11) is 0. The summed E-state index contributed by atoms with van der Waals surface area (Å²) in [5.74, 6) is 2.20. The second-order valence-corrected chi connectivity index (χ2v) is 13.9. The molecule has 2 aliphatic carbocycles. The molecule has 1 unspecified atom stereocenters. The van der Waals surface area contributed by atoms with E-state index in [1.54, 1.807) is 0 Å². The maximum atomic E-state index is 12.8. The molecule has 5 aliphatic rings. The van der Waals surface area contributed by atoms with Gasteiger partial charge in [0.15, 0.2) is 11.5 Å². The first-order chi connectivity index (χ1) is 21.3. The molecule has 9 heteroatoms. The number of carbonyl (C=O) groups is 1. The van der Waals surface area contributed by atoms with Crippen LogP contribution in [0.25, 0.3) is 0 Å². The van der Waals surface area contributed by atoms with Crippen LogP contribution in [0.5, 0.6) is 17.2 Å². The maximum Gasteiger partial charge on any atom is 0.329 e. The van der Waals surface area contributed by atoms with E-state index >= 15 is 0 Å². The van der Waals surface area contributed by atoms with E-state index in [2.05, 4.69) is 41.2 Å². The molecule has 44 heavy (non-hydrogen) atoms. The standard InChI is InChI=1S/C35H38ClN3O5/c1-20(18-42-28-9-12-37-26-7-3-5-21(2)31(26)28)16-39-17-22-13-29-30(44-19-43-29)14-23(22)35(39)11-10-34(33(40)41)15-24(35)32-25(36)6-4-8-27(32)38-34/h4,6,8-9,12-14,20-21,24,38H,3,5,7,10-11,15-19H2,1-2H3,(H,40,41)/t20-,21-,24?,34+,35-/m1/s1. The van der Waals surface area contributed by atoms with Crippen LogP contribution in [0, 0.1) is 5.92 Å². The number of aliphatic carboxylic acids is 1. The molecule has 1 aromatic heterocycles. The first-order valence-electron chi connectivity index (χ1n) is 15.9. The molecule has 2 aromatic carbocycles. The normalized spacial score (nSPS) is 28.5. The van der Waals surface area contributed by atoms with E-state index in [-0.39, 0.29) is 18.6 Å². The third-order valence-corrected chi connectivity index (χ3v) is 11.2. The second kappa shape index (κ2) is 10.3. The third-order valence-electron chi connectivity index (χ3n) is 10.9. The van der Waals surface area contributed by atoms with E-state index in [9.17, 15) is 9.90 Å². The zero-order chi connectivity index (χ0) is 30.2. The molecule has 3 aromatic rings. The number of carboxylic acids is 1. The molecule has 0 amide bonds. The minimum atomic E-state index is -1.04. The first kappa shape index (κ1) is 28.0. The Morgan fingerprint density at radius 1 is 1.23 bits per heavy atom. The number of fused-ring (bicyclic) bond motifs is 9. The minimum Gasteiger partial charge on any atom is -0.493 e. The lowest BCUT2D eigenvalue weighted by molar-refractivity contribution is -0.146. The highest BCUT2D eigenvalue weighted by Crippen LogP contribution is 2.63. The number of aryl methyl sites for hydroxylation is 1. The molecule has 0 radical (unpaired) electrons. The van der Waals surface area contributed by atoms with E-state index in [1.165, 1.54) is 28.8 Å². The van der Waals surface area contributed by atoms with Gasteiger partial charge in [-0.15, -0.1) is 0 Å². The van der Waals surface area contributed by atoms with Crippen LogP contribution in [0.3, 0.4) is 0 Å². The Kier molecular flexibility index (Phi) is 6.54. The van der Waals surface area contributed by atoms with Gasteiger partial charge in [0.25, 0.3) is 0 Å². The molecule has 2 bridgehead atoms. The summed E-state index contributed by atoms with van der Waals surface area (Å²) in [6.07, 6.45) is 6.85. The molecule has 0 saturated heterocycles. The fourth-order valence-corrected chi connectivity index (χ4v) is 9.16. The number of carboxylic acid groups (broad SMARTS) is 1. The molecule has 8 rings (SSSR count). The summed E-state index contributed by atoms with van der Waals surface area (Å²) < 4.78 is 18.2. The van der Waals surface area contributed by atoms with Crippen LogP contribution in [-0.4, -0.2) is 46.4 Å². The summed E-state index contributed by atoms with van der Waals surface area (Å²) in [6.45, 7) is 6.83. The Balaban J connectivity index is 1.16. The monoisotopic (exact) mass is 615 g/mol. The number of halogens is 1. The summed E-state index contributed by atoms with van der Waals surface area (Å²) in [5.41, 5.74) is 5.17. The van der Waals surface area contributed by atoms with Crippen LogP contribution in [0.15, 0.2) is 42.6 Å². The first-order valence-corrected chi connectivity index (χ1v) is 16.3. The van der Waals surface area contributed by atoms with Crippen molar-refractivity contribution in [2.24, 2.45) is 5.92 Å². The van der Waals surface area contributed by atoms with Crippen LogP contribution in [0.2, 0.25) is 5.02 Å². The number of benzene rings is 2. The van der Waals surface area contributed by atoms with Crippen LogP contribution < -0.4 is 19.5 Å². The van der Waals surface area contributed by atoms with E-state index in [0.717, 1.165) is 54.4 Å². The van der Waals surface area contributed by atoms with Crippen LogP contribution in [-0.2, 0) is 23.3 Å². The zero-order valence-corrected chi connectivity index (χ0v) is 26.0. The summed E-state index contributed by atoms with van der Waals surface area (Å²) in [4.78, 5) is 20.0. The molecular formula is C35H38ClN3O5. The molecule has 230 valence electrons. The van der Waals surface area contributed by atoms with Crippen LogP contribution in [0.1, 0.15) is 85.7 Å². The van der Waals surface area contributed by atoms with E-state index in [0.29, 0.717) is 36.8 Å². The Bertz CT molecular complexity index is 1660. The number of rotatable bonds is 6. The number of hydrogen-bond acceptors (Lipinski definition) is 7. The molecular weight excluding hydrogens is 578 g/mol. The van der Waals surface area contributed by atoms with Crippen LogP contribution in [0.4, 0.5) is 5.69 Å². The second-order valence-electron chi connectivity index (χ2n) is 13.5. The van der Waals surface area contributed by atoms with Gasteiger partial charge in [0.1, 0.15) is 11.3 Å². The van der Waals surface area contributed by atoms with Crippen molar-refractivity contribution in [3.05, 3.63) is 75.6 Å². The lowest BCUT2D eigenvalue weighted by Gasteiger charge is -2.56. The van der Waals surface area contributed by atoms with Crippen molar-refractivity contribution in [3.63, 3.8) is 0 Å². The molecule has 5 atom stereocenters. The number of anilines is 1. The molecule has 4 heterocycles. The highest BCUT2D eigenvalue weighted by Gasteiger charge is 2.62. The SMILES string of the molecule is C[C@@H](COc1ccnc2c1[C@H](C)CCC2)CN1Cc2cc3c(cc2[C@@]12CC[C@@]1(C(=O)O)CC2c2c(Cl)cccc2N1)OCO3. The molecule has 1 saturated carbocycles. The van der Waals surface area contributed by atoms with Gasteiger partial charge in [-0.25, -0.2) is 4.79 Å². The van der Waals surface area contributed by atoms with Crippen molar-refractivity contribution in [1.29, 1.82) is 0 Å². The van der Waals surface area contributed by atoms with Gasteiger partial charge in [-0.05, 0) is 91.5 Å². The average Bonchev–Trinajstić information content (AvgIpc) is 3.58. The molecule has 1 fully saturated rings. The van der Waals surface area contributed by atoms with Gasteiger partial charge in [0.2, 0.25) is 6.79 Å². The molecule has 2 N–H and O–H groups in total. The maximum absolute atomic E-state index is 12.8. The smallest absolute Gasteiger partial charge is 0.329 e. The lowest BCUT2D eigenvalue weighted by Crippen LogP contribution is -2.61. The number of aromatic nitrogens is 1. The predicted molar refractivity (Wildman–Crippen MR) is 167 cm³/mol. The fourth-order valence-electron chi connectivity index (χ4n) is 8.85. The molecule has 3 aliphatic heterocycles. The van der Waals surface area contributed by atoms with E-state index < -0.39 is 17.0 Å². The summed E-state index contributed by atoms with van der Waals surface area (Å²) >= 11 is 6.96.